The van der Waals surface area contributed by atoms with E-state index in [0.29, 0.717) is 5.75 Å². The number of carbonyl (C=O) groups is 1. The highest BCUT2D eigenvalue weighted by Gasteiger charge is 2.17. The number of ether oxygens (including phenoxy) is 1. The topological polar surface area (TPSA) is 74.5 Å². The SMILES string of the molecule is CCS(=O)(=O)[N]C(=O)c1cccc(OC(C)C)c1. The summed E-state index contributed by atoms with van der Waals surface area (Å²) in [5.74, 6) is -0.452. The maximum Gasteiger partial charge on any atom is 0.287 e. The number of carbonyl (C=O) groups excluding carboxylic acids is 1. The number of hydrogen-bond acceptors (Lipinski definition) is 4. The number of amides is 1. The molecule has 1 radical (unpaired) electrons. The van der Waals surface area contributed by atoms with Crippen LogP contribution in [0.15, 0.2) is 24.3 Å². The van der Waals surface area contributed by atoms with Gasteiger partial charge >= 0.3 is 0 Å². The fourth-order valence-electron chi connectivity index (χ4n) is 1.22. The zero-order valence-electron chi connectivity index (χ0n) is 10.6. The van der Waals surface area contributed by atoms with E-state index in [4.69, 9.17) is 4.74 Å². The van der Waals surface area contributed by atoms with Gasteiger partial charge in [-0.1, -0.05) is 6.07 Å². The summed E-state index contributed by atoms with van der Waals surface area (Å²) in [5.41, 5.74) is 0.199. The molecule has 0 aliphatic heterocycles. The summed E-state index contributed by atoms with van der Waals surface area (Å²) in [6.45, 7) is 5.16. The van der Waals surface area contributed by atoms with Crippen LogP contribution in [0, 0.1) is 0 Å². The van der Waals surface area contributed by atoms with Crippen LogP contribution < -0.4 is 9.46 Å². The van der Waals surface area contributed by atoms with E-state index < -0.39 is 15.9 Å². The monoisotopic (exact) mass is 270 g/mol. The lowest BCUT2D eigenvalue weighted by Crippen LogP contribution is -2.24. The lowest BCUT2D eigenvalue weighted by Gasteiger charge is -2.10. The number of rotatable bonds is 5. The van der Waals surface area contributed by atoms with E-state index >= 15 is 0 Å². The molecular formula is C12H16NO4S. The van der Waals surface area contributed by atoms with Crippen molar-refractivity contribution < 1.29 is 17.9 Å². The molecule has 99 valence electrons. The predicted molar refractivity (Wildman–Crippen MR) is 68.1 cm³/mol. The van der Waals surface area contributed by atoms with Crippen LogP contribution in [-0.4, -0.2) is 26.2 Å². The Morgan fingerprint density at radius 1 is 1.39 bits per heavy atom. The second-order valence-corrected chi connectivity index (χ2v) is 5.89. The third-order valence-electron chi connectivity index (χ3n) is 2.04. The molecule has 1 aromatic carbocycles. The lowest BCUT2D eigenvalue weighted by molar-refractivity contribution is 0.0977. The first-order valence-corrected chi connectivity index (χ1v) is 7.21. The van der Waals surface area contributed by atoms with Crippen molar-refractivity contribution in [1.29, 1.82) is 0 Å². The number of sulfonamides is 1. The second kappa shape index (κ2) is 5.86. The summed E-state index contributed by atoms with van der Waals surface area (Å²) in [6.07, 6.45) is -0.0216. The van der Waals surface area contributed by atoms with Crippen molar-refractivity contribution in [3.8, 4) is 5.75 Å². The molecule has 0 aliphatic rings. The van der Waals surface area contributed by atoms with E-state index in [2.05, 4.69) is 4.72 Å². The molecule has 0 saturated heterocycles. The van der Waals surface area contributed by atoms with Crippen molar-refractivity contribution in [2.75, 3.05) is 5.75 Å². The third kappa shape index (κ3) is 4.37. The molecule has 1 amide bonds. The maximum atomic E-state index is 11.7. The highest BCUT2D eigenvalue weighted by Crippen LogP contribution is 2.15. The Balaban J connectivity index is 2.87. The molecule has 6 heteroatoms. The van der Waals surface area contributed by atoms with Gasteiger partial charge in [0.25, 0.3) is 15.9 Å². The van der Waals surface area contributed by atoms with Crippen molar-refractivity contribution in [3.63, 3.8) is 0 Å². The number of nitrogens with zero attached hydrogens (tertiary/aromatic N) is 1. The minimum Gasteiger partial charge on any atom is -0.491 e. The van der Waals surface area contributed by atoms with Gasteiger partial charge in [0.1, 0.15) is 5.75 Å². The van der Waals surface area contributed by atoms with Crippen LogP contribution in [0.1, 0.15) is 31.1 Å². The summed E-state index contributed by atoms with van der Waals surface area (Å²) < 4.78 is 31.1. The van der Waals surface area contributed by atoms with E-state index in [1.54, 1.807) is 12.1 Å². The summed E-state index contributed by atoms with van der Waals surface area (Å²) in [7, 11) is -3.67. The Labute approximate surface area is 107 Å². The zero-order chi connectivity index (χ0) is 13.8. The lowest BCUT2D eigenvalue weighted by atomic mass is 10.2. The van der Waals surface area contributed by atoms with Gasteiger partial charge in [0.15, 0.2) is 0 Å². The van der Waals surface area contributed by atoms with Gasteiger partial charge in [0, 0.05) is 5.56 Å². The molecule has 0 spiro atoms. The van der Waals surface area contributed by atoms with Crippen molar-refractivity contribution in [3.05, 3.63) is 29.8 Å². The Kier molecular flexibility index (Phi) is 4.72. The predicted octanol–water partition coefficient (Wildman–Crippen LogP) is 1.57. The highest BCUT2D eigenvalue weighted by atomic mass is 32.2. The van der Waals surface area contributed by atoms with Crippen molar-refractivity contribution in [1.82, 2.24) is 4.72 Å². The molecule has 1 rings (SSSR count). The summed E-state index contributed by atoms with van der Waals surface area (Å²) >= 11 is 0. The molecule has 0 aliphatic carbocycles. The molecule has 0 N–H and O–H groups in total. The van der Waals surface area contributed by atoms with Crippen LogP contribution >= 0.6 is 0 Å². The van der Waals surface area contributed by atoms with Crippen LogP contribution in [0.2, 0.25) is 0 Å². The molecule has 0 saturated carbocycles. The third-order valence-corrected chi connectivity index (χ3v) is 3.21. The smallest absolute Gasteiger partial charge is 0.287 e. The molecule has 0 atom stereocenters. The Morgan fingerprint density at radius 2 is 2.06 bits per heavy atom. The minimum atomic E-state index is -3.67. The van der Waals surface area contributed by atoms with Crippen LogP contribution in [-0.2, 0) is 10.0 Å². The molecule has 1 aromatic rings. The first-order valence-electron chi connectivity index (χ1n) is 5.61. The first kappa shape index (κ1) is 14.5. The van der Waals surface area contributed by atoms with Crippen molar-refractivity contribution in [2.45, 2.75) is 26.9 Å². The number of hydrogen-bond donors (Lipinski definition) is 0. The summed E-state index contributed by atoms with van der Waals surface area (Å²) in [5, 5.41) is 0. The largest absolute Gasteiger partial charge is 0.491 e. The maximum absolute atomic E-state index is 11.7. The van der Waals surface area contributed by atoms with Gasteiger partial charge in [-0.3, -0.25) is 4.79 Å². The molecule has 0 aromatic heterocycles. The molecular weight excluding hydrogens is 254 g/mol. The van der Waals surface area contributed by atoms with Gasteiger partial charge < -0.3 is 4.74 Å². The summed E-state index contributed by atoms with van der Waals surface area (Å²) in [6, 6.07) is 6.31. The molecule has 0 fully saturated rings. The minimum absolute atomic E-state index is 0.0216. The average molecular weight is 270 g/mol. The molecule has 18 heavy (non-hydrogen) atoms. The molecule has 0 heterocycles. The van der Waals surface area contributed by atoms with Crippen LogP contribution in [0.5, 0.6) is 5.75 Å². The second-order valence-electron chi connectivity index (χ2n) is 3.96. The van der Waals surface area contributed by atoms with Gasteiger partial charge in [-0.2, -0.15) is 0 Å². The quantitative estimate of drug-likeness (QED) is 0.814. The van der Waals surface area contributed by atoms with E-state index in [9.17, 15) is 13.2 Å². The first-order chi connectivity index (χ1) is 8.34. The van der Waals surface area contributed by atoms with Crippen LogP contribution in [0.3, 0.4) is 0 Å². The van der Waals surface area contributed by atoms with Crippen molar-refractivity contribution >= 4 is 15.9 Å². The Morgan fingerprint density at radius 3 is 2.61 bits per heavy atom. The van der Waals surface area contributed by atoms with Gasteiger partial charge in [-0.05, 0) is 39.0 Å². The van der Waals surface area contributed by atoms with Gasteiger partial charge in [0.05, 0.1) is 11.9 Å². The van der Waals surface area contributed by atoms with E-state index in [0.717, 1.165) is 0 Å². The fraction of sp³-hybridized carbons (Fsp3) is 0.417. The van der Waals surface area contributed by atoms with Crippen LogP contribution in [0.25, 0.3) is 0 Å². The van der Waals surface area contributed by atoms with Gasteiger partial charge in [0.2, 0.25) is 0 Å². The van der Waals surface area contributed by atoms with Gasteiger partial charge in [-0.15, -0.1) is 4.72 Å². The Hall–Kier alpha value is -1.56. The zero-order valence-corrected chi connectivity index (χ0v) is 11.4. The standard InChI is InChI=1S/C12H16NO4S/c1-4-18(15,16)13-12(14)10-6-5-7-11(8-10)17-9(2)3/h5-9H,4H2,1-3H3. The van der Waals surface area contributed by atoms with Gasteiger partial charge in [-0.25, -0.2) is 8.42 Å². The van der Waals surface area contributed by atoms with Crippen molar-refractivity contribution in [2.24, 2.45) is 0 Å². The molecule has 0 unspecified atom stereocenters. The number of benzene rings is 1. The fourth-order valence-corrected chi connectivity index (χ4v) is 1.71. The summed E-state index contributed by atoms with van der Waals surface area (Å²) in [4.78, 5) is 11.7. The normalized spacial score (nSPS) is 11.3. The molecule has 5 nitrogen and oxygen atoms in total. The average Bonchev–Trinajstić information content (AvgIpc) is 2.28. The highest BCUT2D eigenvalue weighted by molar-refractivity contribution is 7.89. The van der Waals surface area contributed by atoms with E-state index in [1.165, 1.54) is 19.1 Å². The molecule has 0 bridgehead atoms. The van der Waals surface area contributed by atoms with Crippen LogP contribution in [0.4, 0.5) is 0 Å². The Bertz CT molecular complexity index is 523. The van der Waals surface area contributed by atoms with E-state index in [-0.39, 0.29) is 17.4 Å². The van der Waals surface area contributed by atoms with E-state index in [1.807, 2.05) is 13.8 Å².